The summed E-state index contributed by atoms with van der Waals surface area (Å²) in [7, 11) is 0. The summed E-state index contributed by atoms with van der Waals surface area (Å²) in [6.45, 7) is 4.23. The number of aromatic nitrogens is 2. The zero-order chi connectivity index (χ0) is 17.2. The second-order valence-corrected chi connectivity index (χ2v) is 6.54. The Balaban J connectivity index is 1.44. The number of anilines is 2. The molecule has 0 spiro atoms. The molecule has 0 unspecified atom stereocenters. The lowest BCUT2D eigenvalue weighted by Gasteiger charge is -2.30. The van der Waals surface area contributed by atoms with E-state index < -0.39 is 0 Å². The number of piperidine rings is 1. The fraction of sp³-hybridized carbons (Fsp3) is 0.316. The minimum Gasteiger partial charge on any atom is -0.451 e. The van der Waals surface area contributed by atoms with Crippen LogP contribution in [0, 0.1) is 5.92 Å². The minimum absolute atomic E-state index is 0.273. The zero-order valence-corrected chi connectivity index (χ0v) is 14.1. The van der Waals surface area contributed by atoms with Gasteiger partial charge < -0.3 is 14.6 Å². The quantitative estimate of drug-likeness (QED) is 0.789. The Labute approximate surface area is 145 Å². The monoisotopic (exact) mass is 336 g/mol. The lowest BCUT2D eigenvalue weighted by molar-refractivity contribution is 0.0998. The summed E-state index contributed by atoms with van der Waals surface area (Å²) in [5.74, 6) is 1.45. The summed E-state index contributed by atoms with van der Waals surface area (Å²) in [4.78, 5) is 23.3. The van der Waals surface area contributed by atoms with Crippen molar-refractivity contribution in [1.29, 1.82) is 0 Å². The first kappa shape index (κ1) is 15.6. The number of furan rings is 1. The summed E-state index contributed by atoms with van der Waals surface area (Å²) in [5, 5.41) is 3.68. The maximum Gasteiger partial charge on any atom is 0.291 e. The van der Waals surface area contributed by atoms with E-state index in [0.717, 1.165) is 37.2 Å². The highest BCUT2D eigenvalue weighted by atomic mass is 16.3. The maximum absolute atomic E-state index is 12.3. The summed E-state index contributed by atoms with van der Waals surface area (Å²) < 4.78 is 5.57. The number of nitrogens with one attached hydrogen (secondary N) is 1. The first-order valence-electron chi connectivity index (χ1n) is 8.56. The molecular weight excluding hydrogens is 316 g/mol. The maximum atomic E-state index is 12.3. The Morgan fingerprint density at radius 1 is 1.20 bits per heavy atom. The third kappa shape index (κ3) is 3.33. The van der Waals surface area contributed by atoms with Crippen LogP contribution in [-0.2, 0) is 0 Å². The average Bonchev–Trinajstić information content (AvgIpc) is 3.07. The molecule has 1 saturated heterocycles. The van der Waals surface area contributed by atoms with Crippen molar-refractivity contribution in [1.82, 2.24) is 9.97 Å². The van der Waals surface area contributed by atoms with Crippen molar-refractivity contribution in [2.24, 2.45) is 5.92 Å². The molecule has 0 radical (unpaired) electrons. The van der Waals surface area contributed by atoms with Gasteiger partial charge in [0.2, 0.25) is 5.95 Å². The van der Waals surface area contributed by atoms with E-state index in [-0.39, 0.29) is 11.7 Å². The van der Waals surface area contributed by atoms with E-state index in [9.17, 15) is 4.79 Å². The molecule has 1 amide bonds. The minimum atomic E-state index is -0.306. The van der Waals surface area contributed by atoms with Crippen LogP contribution >= 0.6 is 0 Å². The number of rotatable bonds is 3. The average molecular weight is 336 g/mol. The van der Waals surface area contributed by atoms with Crippen molar-refractivity contribution < 1.29 is 9.21 Å². The molecule has 3 aromatic rings. The fourth-order valence-corrected chi connectivity index (χ4v) is 3.04. The van der Waals surface area contributed by atoms with Gasteiger partial charge in [-0.2, -0.15) is 0 Å². The molecule has 0 saturated carbocycles. The van der Waals surface area contributed by atoms with Crippen molar-refractivity contribution in [2.45, 2.75) is 19.8 Å². The van der Waals surface area contributed by atoms with Gasteiger partial charge in [-0.25, -0.2) is 9.97 Å². The Hall–Kier alpha value is -2.89. The number of fused-ring (bicyclic) bond motifs is 1. The smallest absolute Gasteiger partial charge is 0.291 e. The van der Waals surface area contributed by atoms with Crippen LogP contribution in [-0.4, -0.2) is 29.0 Å². The number of nitrogens with zero attached hydrogens (tertiary/aromatic N) is 3. The molecule has 0 atom stereocenters. The number of para-hydroxylation sites is 1. The summed E-state index contributed by atoms with van der Waals surface area (Å²) in [6.07, 6.45) is 5.60. The predicted molar refractivity (Wildman–Crippen MR) is 96.8 cm³/mol. The number of hydrogen-bond acceptors (Lipinski definition) is 5. The predicted octanol–water partition coefficient (Wildman–Crippen LogP) is 3.71. The molecule has 6 heteroatoms. The summed E-state index contributed by atoms with van der Waals surface area (Å²) >= 11 is 0. The van der Waals surface area contributed by atoms with Crippen LogP contribution in [0.5, 0.6) is 0 Å². The van der Waals surface area contributed by atoms with E-state index in [1.807, 2.05) is 24.3 Å². The van der Waals surface area contributed by atoms with Crippen molar-refractivity contribution in [3.63, 3.8) is 0 Å². The second-order valence-electron chi connectivity index (χ2n) is 6.54. The summed E-state index contributed by atoms with van der Waals surface area (Å²) in [6, 6.07) is 9.26. The largest absolute Gasteiger partial charge is 0.451 e. The van der Waals surface area contributed by atoms with Crippen LogP contribution < -0.4 is 10.2 Å². The molecule has 4 rings (SSSR count). The molecule has 1 fully saturated rings. The van der Waals surface area contributed by atoms with Crippen LogP contribution in [0.3, 0.4) is 0 Å². The van der Waals surface area contributed by atoms with Crippen molar-refractivity contribution in [3.05, 3.63) is 48.5 Å². The number of benzene rings is 1. The van der Waals surface area contributed by atoms with Gasteiger partial charge in [0.25, 0.3) is 5.91 Å². The van der Waals surface area contributed by atoms with E-state index >= 15 is 0 Å². The lowest BCUT2D eigenvalue weighted by atomic mass is 10.00. The molecule has 1 aromatic carbocycles. The number of hydrogen-bond donors (Lipinski definition) is 1. The van der Waals surface area contributed by atoms with Crippen LogP contribution in [0.1, 0.15) is 30.3 Å². The van der Waals surface area contributed by atoms with Crippen molar-refractivity contribution >= 4 is 28.5 Å². The third-order valence-electron chi connectivity index (χ3n) is 4.61. The highest BCUT2D eigenvalue weighted by Crippen LogP contribution is 2.22. The van der Waals surface area contributed by atoms with E-state index in [1.54, 1.807) is 18.5 Å². The second kappa shape index (κ2) is 6.55. The number of amides is 1. The molecule has 25 heavy (non-hydrogen) atoms. The molecular formula is C19H20N4O2. The van der Waals surface area contributed by atoms with Gasteiger partial charge in [0.15, 0.2) is 5.76 Å². The number of carbonyl (C=O) groups is 1. The molecule has 2 aromatic heterocycles. The molecule has 128 valence electrons. The highest BCUT2D eigenvalue weighted by molar-refractivity contribution is 6.04. The molecule has 1 aliphatic rings. The molecule has 1 aliphatic heterocycles. The lowest BCUT2D eigenvalue weighted by Crippen LogP contribution is -2.34. The molecule has 6 nitrogen and oxygen atoms in total. The Kier molecular flexibility index (Phi) is 4.09. The Bertz CT molecular complexity index is 847. The Morgan fingerprint density at radius 3 is 2.64 bits per heavy atom. The van der Waals surface area contributed by atoms with Gasteiger partial charge in [-0.1, -0.05) is 25.1 Å². The molecule has 0 aliphatic carbocycles. The molecule has 0 bridgehead atoms. The standard InChI is InChI=1S/C19H20N4O2/c1-13-6-8-23(9-7-13)19-20-11-15(12-21-19)22-18(24)17-10-14-4-2-3-5-16(14)25-17/h2-5,10-13H,6-9H2,1H3,(H,22,24). The normalized spacial score (nSPS) is 15.5. The van der Waals surface area contributed by atoms with E-state index in [0.29, 0.717) is 17.2 Å². The third-order valence-corrected chi connectivity index (χ3v) is 4.61. The highest BCUT2D eigenvalue weighted by Gasteiger charge is 2.18. The van der Waals surface area contributed by atoms with E-state index in [2.05, 4.69) is 27.1 Å². The SMILES string of the molecule is CC1CCN(c2ncc(NC(=O)c3cc4ccccc4o3)cn2)CC1. The van der Waals surface area contributed by atoms with Gasteiger partial charge in [-0.3, -0.25) is 4.79 Å². The zero-order valence-electron chi connectivity index (χ0n) is 14.1. The van der Waals surface area contributed by atoms with Gasteiger partial charge in [0.1, 0.15) is 5.58 Å². The van der Waals surface area contributed by atoms with Gasteiger partial charge in [0.05, 0.1) is 18.1 Å². The van der Waals surface area contributed by atoms with Crippen LogP contribution in [0.25, 0.3) is 11.0 Å². The topological polar surface area (TPSA) is 71.3 Å². The summed E-state index contributed by atoms with van der Waals surface area (Å²) in [5.41, 5.74) is 1.25. The van der Waals surface area contributed by atoms with Crippen LogP contribution in [0.2, 0.25) is 0 Å². The molecule has 3 heterocycles. The van der Waals surface area contributed by atoms with Crippen LogP contribution in [0.4, 0.5) is 11.6 Å². The van der Waals surface area contributed by atoms with E-state index in [1.165, 1.54) is 0 Å². The van der Waals surface area contributed by atoms with Gasteiger partial charge in [0, 0.05) is 18.5 Å². The van der Waals surface area contributed by atoms with Gasteiger partial charge in [-0.05, 0) is 30.9 Å². The van der Waals surface area contributed by atoms with Gasteiger partial charge >= 0.3 is 0 Å². The molecule has 1 N–H and O–H groups in total. The van der Waals surface area contributed by atoms with Crippen molar-refractivity contribution in [3.8, 4) is 0 Å². The first-order chi connectivity index (χ1) is 12.2. The van der Waals surface area contributed by atoms with E-state index in [4.69, 9.17) is 4.42 Å². The van der Waals surface area contributed by atoms with Gasteiger partial charge in [-0.15, -0.1) is 0 Å². The Morgan fingerprint density at radius 2 is 1.92 bits per heavy atom. The first-order valence-corrected chi connectivity index (χ1v) is 8.56. The fourth-order valence-electron chi connectivity index (χ4n) is 3.04. The van der Waals surface area contributed by atoms with Crippen LogP contribution in [0.15, 0.2) is 47.1 Å². The van der Waals surface area contributed by atoms with Crippen molar-refractivity contribution in [2.75, 3.05) is 23.3 Å². The number of carbonyl (C=O) groups excluding carboxylic acids is 1.